The second kappa shape index (κ2) is 7.16. The van der Waals surface area contributed by atoms with Gasteiger partial charge in [-0.3, -0.25) is 0 Å². The van der Waals surface area contributed by atoms with Crippen molar-refractivity contribution in [2.24, 2.45) is 5.73 Å². The molecule has 2 aromatic carbocycles. The Morgan fingerprint density at radius 2 is 1.90 bits per heavy atom. The van der Waals surface area contributed by atoms with Crippen LogP contribution in [0.25, 0.3) is 0 Å². The van der Waals surface area contributed by atoms with E-state index in [1.807, 2.05) is 43.3 Å². The number of halogens is 2. The van der Waals surface area contributed by atoms with Crippen LogP contribution < -0.4 is 15.2 Å². The van der Waals surface area contributed by atoms with Crippen LogP contribution in [0.2, 0.25) is 5.02 Å². The molecule has 0 aliphatic carbocycles. The van der Waals surface area contributed by atoms with Crippen molar-refractivity contribution in [1.82, 2.24) is 0 Å². The summed E-state index contributed by atoms with van der Waals surface area (Å²) in [6.45, 7) is 2.35. The molecule has 2 rings (SSSR count). The van der Waals surface area contributed by atoms with Gasteiger partial charge < -0.3 is 15.2 Å². The van der Waals surface area contributed by atoms with Crippen LogP contribution in [0.3, 0.4) is 0 Å². The molecule has 1 atom stereocenters. The largest absolute Gasteiger partial charge is 0.496 e. The topological polar surface area (TPSA) is 44.5 Å². The third kappa shape index (κ3) is 4.13. The molecule has 5 heteroatoms. The third-order valence-corrected chi connectivity index (χ3v) is 4.01. The standard InChI is InChI=1S/C16H17BrClNO2/c1-10(19)12-4-6-16(14(18)8-12)21-9-11-3-5-15(20-2)13(17)7-11/h3-8,10H,9,19H2,1-2H3/t10-/m1/s1. The number of methoxy groups -OCH3 is 1. The molecule has 0 bridgehead atoms. The molecule has 0 saturated heterocycles. The van der Waals surface area contributed by atoms with Crippen LogP contribution in [0.4, 0.5) is 0 Å². The Kier molecular flexibility index (Phi) is 5.51. The Labute approximate surface area is 138 Å². The zero-order valence-corrected chi connectivity index (χ0v) is 14.2. The van der Waals surface area contributed by atoms with E-state index < -0.39 is 0 Å². The van der Waals surface area contributed by atoms with E-state index in [0.717, 1.165) is 21.3 Å². The molecule has 21 heavy (non-hydrogen) atoms. The first-order chi connectivity index (χ1) is 10.0. The predicted molar refractivity (Wildman–Crippen MR) is 89.1 cm³/mol. The molecule has 3 nitrogen and oxygen atoms in total. The minimum absolute atomic E-state index is 0.0471. The lowest BCUT2D eigenvalue weighted by molar-refractivity contribution is 0.306. The van der Waals surface area contributed by atoms with Crippen LogP contribution in [-0.4, -0.2) is 7.11 Å². The van der Waals surface area contributed by atoms with Gasteiger partial charge in [0.15, 0.2) is 0 Å². The minimum Gasteiger partial charge on any atom is -0.496 e. The maximum absolute atomic E-state index is 6.21. The van der Waals surface area contributed by atoms with E-state index in [1.165, 1.54) is 0 Å². The highest BCUT2D eigenvalue weighted by molar-refractivity contribution is 9.10. The molecule has 112 valence electrons. The lowest BCUT2D eigenvalue weighted by Crippen LogP contribution is -2.05. The molecule has 0 aromatic heterocycles. The van der Waals surface area contributed by atoms with Crippen molar-refractivity contribution in [3.63, 3.8) is 0 Å². The van der Waals surface area contributed by atoms with Crippen molar-refractivity contribution in [3.8, 4) is 11.5 Å². The number of hydrogen-bond acceptors (Lipinski definition) is 3. The van der Waals surface area contributed by atoms with Gasteiger partial charge in [0.05, 0.1) is 16.6 Å². The number of nitrogens with two attached hydrogens (primary N) is 1. The predicted octanol–water partition coefficient (Wildman–Crippen LogP) is 4.71. The average Bonchev–Trinajstić information content (AvgIpc) is 2.46. The van der Waals surface area contributed by atoms with Crippen molar-refractivity contribution in [2.45, 2.75) is 19.6 Å². The fraction of sp³-hybridized carbons (Fsp3) is 0.250. The average molecular weight is 371 g/mol. The van der Waals surface area contributed by atoms with Crippen LogP contribution in [-0.2, 0) is 6.61 Å². The van der Waals surface area contributed by atoms with Crippen molar-refractivity contribution < 1.29 is 9.47 Å². The van der Waals surface area contributed by atoms with Gasteiger partial charge in [0.25, 0.3) is 0 Å². The van der Waals surface area contributed by atoms with E-state index in [2.05, 4.69) is 15.9 Å². The van der Waals surface area contributed by atoms with Gasteiger partial charge in [-0.05, 0) is 58.2 Å². The minimum atomic E-state index is -0.0471. The molecule has 0 heterocycles. The van der Waals surface area contributed by atoms with Crippen LogP contribution in [0.5, 0.6) is 11.5 Å². The highest BCUT2D eigenvalue weighted by atomic mass is 79.9. The maximum Gasteiger partial charge on any atom is 0.138 e. The van der Waals surface area contributed by atoms with Crippen molar-refractivity contribution in [3.05, 3.63) is 57.0 Å². The van der Waals surface area contributed by atoms with E-state index in [0.29, 0.717) is 17.4 Å². The summed E-state index contributed by atoms with van der Waals surface area (Å²) in [7, 11) is 1.63. The van der Waals surface area contributed by atoms with Gasteiger partial charge in [-0.2, -0.15) is 0 Å². The van der Waals surface area contributed by atoms with Gasteiger partial charge in [-0.1, -0.05) is 23.7 Å². The number of benzene rings is 2. The van der Waals surface area contributed by atoms with Gasteiger partial charge in [0.2, 0.25) is 0 Å². The fourth-order valence-electron chi connectivity index (χ4n) is 1.88. The molecule has 0 aliphatic heterocycles. The second-order valence-electron chi connectivity index (χ2n) is 4.74. The monoisotopic (exact) mass is 369 g/mol. The van der Waals surface area contributed by atoms with Crippen LogP contribution in [0.1, 0.15) is 24.1 Å². The van der Waals surface area contributed by atoms with Gasteiger partial charge in [0, 0.05) is 6.04 Å². The highest BCUT2D eigenvalue weighted by Gasteiger charge is 2.07. The summed E-state index contributed by atoms with van der Waals surface area (Å²) < 4.78 is 11.8. The Hall–Kier alpha value is -1.23. The first-order valence-electron chi connectivity index (χ1n) is 6.51. The lowest BCUT2D eigenvalue weighted by Gasteiger charge is -2.12. The van der Waals surface area contributed by atoms with Gasteiger partial charge in [0.1, 0.15) is 18.1 Å². The van der Waals surface area contributed by atoms with E-state index in [9.17, 15) is 0 Å². The SMILES string of the molecule is COc1ccc(COc2ccc([C@@H](C)N)cc2Cl)cc1Br. The Morgan fingerprint density at radius 3 is 2.48 bits per heavy atom. The summed E-state index contributed by atoms with van der Waals surface area (Å²) in [5.41, 5.74) is 7.83. The summed E-state index contributed by atoms with van der Waals surface area (Å²) in [6.07, 6.45) is 0. The quantitative estimate of drug-likeness (QED) is 0.829. The van der Waals surface area contributed by atoms with Crippen LogP contribution in [0, 0.1) is 0 Å². The van der Waals surface area contributed by atoms with E-state index in [1.54, 1.807) is 7.11 Å². The van der Waals surface area contributed by atoms with Crippen molar-refractivity contribution in [1.29, 1.82) is 0 Å². The van der Waals surface area contributed by atoms with E-state index >= 15 is 0 Å². The summed E-state index contributed by atoms with van der Waals surface area (Å²) in [5, 5.41) is 0.567. The Balaban J connectivity index is 2.08. The van der Waals surface area contributed by atoms with Crippen LogP contribution in [0.15, 0.2) is 40.9 Å². The maximum atomic E-state index is 6.21. The molecule has 0 fully saturated rings. The zero-order chi connectivity index (χ0) is 15.4. The molecule has 0 saturated carbocycles. The van der Waals surface area contributed by atoms with Gasteiger partial charge >= 0.3 is 0 Å². The van der Waals surface area contributed by atoms with Gasteiger partial charge in [-0.25, -0.2) is 0 Å². The molecule has 0 spiro atoms. The third-order valence-electron chi connectivity index (χ3n) is 3.09. The Bertz CT molecular complexity index is 632. The molecule has 2 aromatic rings. The molecular weight excluding hydrogens is 354 g/mol. The van der Waals surface area contributed by atoms with Crippen molar-refractivity contribution >= 4 is 27.5 Å². The molecule has 2 N–H and O–H groups in total. The highest BCUT2D eigenvalue weighted by Crippen LogP contribution is 2.29. The summed E-state index contributed by atoms with van der Waals surface area (Å²) in [4.78, 5) is 0. The lowest BCUT2D eigenvalue weighted by atomic mass is 10.1. The van der Waals surface area contributed by atoms with E-state index in [-0.39, 0.29) is 6.04 Å². The Morgan fingerprint density at radius 1 is 1.19 bits per heavy atom. The first kappa shape index (κ1) is 16.1. The molecular formula is C16H17BrClNO2. The molecule has 0 amide bonds. The smallest absolute Gasteiger partial charge is 0.138 e. The van der Waals surface area contributed by atoms with Gasteiger partial charge in [-0.15, -0.1) is 0 Å². The summed E-state index contributed by atoms with van der Waals surface area (Å²) in [5.74, 6) is 1.44. The van der Waals surface area contributed by atoms with E-state index in [4.69, 9.17) is 26.8 Å². The molecule has 0 radical (unpaired) electrons. The second-order valence-corrected chi connectivity index (χ2v) is 6.00. The number of ether oxygens (including phenoxy) is 2. The molecule has 0 unspecified atom stereocenters. The zero-order valence-electron chi connectivity index (χ0n) is 11.9. The first-order valence-corrected chi connectivity index (χ1v) is 7.68. The number of hydrogen-bond donors (Lipinski definition) is 1. The van der Waals surface area contributed by atoms with Crippen molar-refractivity contribution in [2.75, 3.05) is 7.11 Å². The normalized spacial score (nSPS) is 12.0. The van der Waals surface area contributed by atoms with Crippen LogP contribution >= 0.6 is 27.5 Å². The summed E-state index contributed by atoms with van der Waals surface area (Å²) >= 11 is 9.66. The summed E-state index contributed by atoms with van der Waals surface area (Å²) in [6, 6.07) is 11.4. The molecule has 0 aliphatic rings. The number of rotatable bonds is 5. The fourth-order valence-corrected chi connectivity index (χ4v) is 2.71.